The Hall–Kier alpha value is 2.60. The summed E-state index contributed by atoms with van der Waals surface area (Å²) in [5.74, 6) is -0.549. The van der Waals surface area contributed by atoms with Crippen molar-refractivity contribution in [2.24, 2.45) is 0 Å². The Morgan fingerprint density at radius 1 is 0.450 bits per heavy atom. The predicted octanol–water partition coefficient (Wildman–Crippen LogP) is 8.55. The molecule has 7 nitrogen and oxygen atoms in total. The van der Waals surface area contributed by atoms with Crippen molar-refractivity contribution in [1.29, 1.82) is 0 Å². The Morgan fingerprint density at radius 3 is 0.850 bits per heavy atom. The lowest BCUT2D eigenvalue weighted by atomic mass is 10.3. The Balaban J connectivity index is 1.79. The first-order valence-electron chi connectivity index (χ1n) is 10.5. The Labute approximate surface area is 353 Å². The highest BCUT2D eigenvalue weighted by Crippen LogP contribution is 2.32. The van der Waals surface area contributed by atoms with Crippen molar-refractivity contribution in [3.05, 3.63) is 68.5 Å². The van der Waals surface area contributed by atoms with Crippen LogP contribution in [0.25, 0.3) is 0 Å². The molecule has 0 atom stereocenters. The van der Waals surface area contributed by atoms with E-state index >= 15 is 0 Å². The fourth-order valence-corrected chi connectivity index (χ4v) is 14.4. The van der Waals surface area contributed by atoms with Gasteiger partial charge in [0.25, 0.3) is 0 Å². The van der Waals surface area contributed by atoms with Gasteiger partial charge in [-0.25, -0.2) is 0 Å². The number of rotatable bonds is 9. The van der Waals surface area contributed by atoms with Gasteiger partial charge in [0.1, 0.15) is 0 Å². The summed E-state index contributed by atoms with van der Waals surface area (Å²) in [4.78, 5) is 40.4. The minimum Gasteiger partial charge on any atom is -0.423 e. The van der Waals surface area contributed by atoms with Crippen molar-refractivity contribution in [3.63, 3.8) is 0 Å². The number of carbonyl (C=O) groups excluding carboxylic acids is 3. The second-order valence-electron chi connectivity index (χ2n) is 7.66. The highest BCUT2D eigenvalue weighted by atomic mass is 127. The smallest absolute Gasteiger partial charge is 0.325 e. The molecule has 0 bridgehead atoms. The fraction of sp³-hybridized carbons (Fsp3) is 0.125. The lowest BCUT2D eigenvalue weighted by molar-refractivity contribution is -0.142. The third-order valence-corrected chi connectivity index (χ3v) is 11.3. The molecule has 0 saturated carbocycles. The topological polar surface area (TPSA) is 82.1 Å². The molecular weight excluding hydrogens is 1540 g/mol. The van der Waals surface area contributed by atoms with E-state index in [-0.39, 0.29) is 19.6 Å². The molecule has 3 rings (SSSR count). The van der Waals surface area contributed by atoms with Gasteiger partial charge in [0, 0.05) is 10.7 Å². The molecule has 3 aromatic carbocycles. The van der Waals surface area contributed by atoms with E-state index in [1.54, 1.807) is 0 Å². The molecule has 0 fully saturated rings. The minimum absolute atomic E-state index is 0.329. The Morgan fingerprint density at radius 2 is 0.650 bits per heavy atom. The highest BCUT2D eigenvalue weighted by Gasteiger charge is 2.24. The van der Waals surface area contributed by atoms with E-state index < -0.39 is 17.9 Å². The molecule has 3 aromatic rings. The van der Waals surface area contributed by atoms with Gasteiger partial charge in [-0.15, -0.1) is 0 Å². The summed E-state index contributed by atoms with van der Waals surface area (Å²) in [5.41, 5.74) is 0. The summed E-state index contributed by atoms with van der Waals surface area (Å²) in [6.45, 7) is -0.988. The number of nitrogens with zero attached hydrogens (tertiary/aromatic N) is 1. The molecule has 16 heteroatoms. The van der Waals surface area contributed by atoms with Crippen LogP contribution >= 0.6 is 203 Å². The zero-order valence-corrected chi connectivity index (χ0v) is 38.8. The van der Waals surface area contributed by atoms with Gasteiger partial charge < -0.3 is 14.2 Å². The number of benzene rings is 3. The third-order valence-electron chi connectivity index (χ3n) is 4.59. The van der Waals surface area contributed by atoms with Gasteiger partial charge >= 0.3 is 17.9 Å². The minimum atomic E-state index is -0.616. The van der Waals surface area contributed by atoms with Crippen molar-refractivity contribution in [3.8, 4) is 17.2 Å². The Kier molecular flexibility index (Phi) is 16.2. The maximum Gasteiger partial charge on any atom is 0.325 e. The first-order valence-corrected chi connectivity index (χ1v) is 20.2. The van der Waals surface area contributed by atoms with Crippen LogP contribution in [0.3, 0.4) is 0 Å². The van der Waals surface area contributed by atoms with Crippen molar-refractivity contribution >= 4 is 221 Å². The van der Waals surface area contributed by atoms with E-state index in [1.807, 2.05) is 36.4 Å². The first kappa shape index (κ1) is 37.1. The van der Waals surface area contributed by atoms with Crippen LogP contribution in [-0.2, 0) is 14.4 Å². The first-order chi connectivity index (χ1) is 18.7. The molecule has 212 valence electrons. The number of hydrogen-bond donors (Lipinski definition) is 0. The van der Waals surface area contributed by atoms with Crippen LogP contribution in [0.4, 0.5) is 0 Å². The van der Waals surface area contributed by atoms with Gasteiger partial charge in [0.05, 0.1) is 41.1 Å². The van der Waals surface area contributed by atoms with Gasteiger partial charge in [0.2, 0.25) is 0 Å². The quantitative estimate of drug-likeness (QED) is 0.121. The number of esters is 3. The third kappa shape index (κ3) is 11.4. The van der Waals surface area contributed by atoms with Crippen LogP contribution in [0.5, 0.6) is 17.2 Å². The van der Waals surface area contributed by atoms with Gasteiger partial charge in [-0.3, -0.25) is 19.3 Å². The average Bonchev–Trinajstić information content (AvgIpc) is 2.81. The largest absolute Gasteiger partial charge is 0.423 e. The maximum atomic E-state index is 13.0. The second-order valence-corrected chi connectivity index (χ2v) is 18.4. The van der Waals surface area contributed by atoms with E-state index in [9.17, 15) is 14.4 Å². The monoisotopic (exact) mass is 1550 g/mol. The van der Waals surface area contributed by atoms with E-state index in [0.717, 1.165) is 32.1 Å². The molecule has 0 radical (unpaired) electrons. The number of ether oxygens (including phenoxy) is 3. The van der Waals surface area contributed by atoms with Crippen LogP contribution in [-0.4, -0.2) is 42.4 Å². The summed E-state index contributed by atoms with van der Waals surface area (Å²) in [7, 11) is 0. The van der Waals surface area contributed by atoms with Crippen molar-refractivity contribution < 1.29 is 28.6 Å². The molecule has 0 saturated heterocycles. The lowest BCUT2D eigenvalue weighted by Crippen LogP contribution is -2.42. The molecular formula is C24H12I9NO6. The average molecular weight is 1550 g/mol. The second kappa shape index (κ2) is 17.5. The molecule has 40 heavy (non-hydrogen) atoms. The Bertz CT molecular complexity index is 1240. The molecule has 0 amide bonds. The normalized spacial score (nSPS) is 10.9. The van der Waals surface area contributed by atoms with E-state index in [2.05, 4.69) is 203 Å². The number of hydrogen-bond acceptors (Lipinski definition) is 7. The molecule has 0 spiro atoms. The van der Waals surface area contributed by atoms with Crippen molar-refractivity contribution in [2.45, 2.75) is 0 Å². The molecule has 0 heterocycles. The van der Waals surface area contributed by atoms with Gasteiger partial charge in [-0.1, -0.05) is 0 Å². The van der Waals surface area contributed by atoms with E-state index in [0.29, 0.717) is 17.2 Å². The van der Waals surface area contributed by atoms with Gasteiger partial charge in [0.15, 0.2) is 17.2 Å². The van der Waals surface area contributed by atoms with E-state index in [1.165, 1.54) is 4.90 Å². The molecule has 0 aliphatic carbocycles. The van der Waals surface area contributed by atoms with Crippen LogP contribution in [0, 0.1) is 32.1 Å². The maximum absolute atomic E-state index is 13.0. The number of carbonyl (C=O) groups is 3. The summed E-state index contributed by atoms with van der Waals surface area (Å²) in [5, 5.41) is 0. The van der Waals surface area contributed by atoms with Crippen molar-refractivity contribution in [1.82, 2.24) is 4.90 Å². The SMILES string of the molecule is O=C(CN(CC(=O)Oc1c(I)cc(I)cc1I)CC(=O)Oc1c(I)cc(I)cc1I)Oc1c(I)cc(I)cc1I. The summed E-state index contributed by atoms with van der Waals surface area (Å²) in [6.07, 6.45) is 0. The van der Waals surface area contributed by atoms with Gasteiger partial charge in [-0.2, -0.15) is 0 Å². The standard InChI is InChI=1S/C24H12I9NO6/c25-10-1-13(28)22(14(29)2-10)38-19(35)7-34(8-20(36)39-23-15(30)3-11(26)4-16(23)31)9-21(37)40-24-17(32)5-12(27)6-18(24)33/h1-6H,7-9H2. The fourth-order valence-electron chi connectivity index (χ4n) is 3.03. The van der Waals surface area contributed by atoms with Crippen LogP contribution in [0.1, 0.15) is 0 Å². The molecule has 0 aliphatic rings. The van der Waals surface area contributed by atoms with Crippen LogP contribution < -0.4 is 14.2 Å². The molecule has 0 aliphatic heterocycles. The predicted molar refractivity (Wildman–Crippen MR) is 227 cm³/mol. The summed E-state index contributed by atoms with van der Waals surface area (Å²) < 4.78 is 24.7. The van der Waals surface area contributed by atoms with Crippen molar-refractivity contribution in [2.75, 3.05) is 19.6 Å². The summed E-state index contributed by atoms with van der Waals surface area (Å²) >= 11 is 19.2. The molecule has 0 unspecified atom stereocenters. The van der Waals surface area contributed by atoms with Crippen LogP contribution in [0.2, 0.25) is 0 Å². The number of halogens is 9. The van der Waals surface area contributed by atoms with Crippen LogP contribution in [0.15, 0.2) is 36.4 Å². The molecule has 0 N–H and O–H groups in total. The zero-order valence-electron chi connectivity index (χ0n) is 19.4. The lowest BCUT2D eigenvalue weighted by Gasteiger charge is -2.21. The van der Waals surface area contributed by atoms with E-state index in [4.69, 9.17) is 14.2 Å². The zero-order chi connectivity index (χ0) is 29.7. The molecule has 0 aromatic heterocycles. The van der Waals surface area contributed by atoms with Gasteiger partial charge in [-0.05, 0) is 240 Å². The summed E-state index contributed by atoms with van der Waals surface area (Å²) in [6, 6.07) is 11.4. The highest BCUT2D eigenvalue weighted by molar-refractivity contribution is 14.1.